The van der Waals surface area contributed by atoms with Gasteiger partial charge in [-0.3, -0.25) is 14.9 Å². The molecule has 0 aliphatic carbocycles. The Balaban J connectivity index is 1.69. The standard InChI is InChI=1S/C25H25FN4O3/c1-4-33-23-11-17(8-9-19(23)16-6-5-7-18(26)10-16)25(32)30(3)22(14-31)21-12-27-15(2)20-13-28-29-24(20)21/h5-13,22,31H,4,14H2,1-3H3,(H,28,29)/t22-/m1/s1. The fourth-order valence-corrected chi connectivity index (χ4v) is 3.93. The number of pyridine rings is 1. The molecule has 0 unspecified atom stereocenters. The van der Waals surface area contributed by atoms with Crippen LogP contribution in [0.15, 0.2) is 54.9 Å². The van der Waals surface area contributed by atoms with Gasteiger partial charge >= 0.3 is 0 Å². The van der Waals surface area contributed by atoms with E-state index in [-0.39, 0.29) is 18.3 Å². The summed E-state index contributed by atoms with van der Waals surface area (Å²) in [5.41, 5.74) is 3.95. The summed E-state index contributed by atoms with van der Waals surface area (Å²) >= 11 is 0. The topological polar surface area (TPSA) is 91.3 Å². The van der Waals surface area contributed by atoms with Crippen LogP contribution in [0.3, 0.4) is 0 Å². The Morgan fingerprint density at radius 2 is 2.06 bits per heavy atom. The number of aromatic nitrogens is 3. The second-order valence-corrected chi connectivity index (χ2v) is 7.73. The van der Waals surface area contributed by atoms with Crippen LogP contribution >= 0.6 is 0 Å². The zero-order chi connectivity index (χ0) is 23.5. The van der Waals surface area contributed by atoms with Gasteiger partial charge in [0.15, 0.2) is 0 Å². The van der Waals surface area contributed by atoms with Gasteiger partial charge in [0.2, 0.25) is 0 Å². The Bertz CT molecular complexity index is 1300. The third kappa shape index (κ3) is 4.29. The van der Waals surface area contributed by atoms with Crippen molar-refractivity contribution in [3.05, 3.63) is 77.5 Å². The van der Waals surface area contributed by atoms with Crippen molar-refractivity contribution in [1.29, 1.82) is 0 Å². The Kier molecular flexibility index (Phi) is 6.37. The first-order valence-electron chi connectivity index (χ1n) is 10.6. The van der Waals surface area contributed by atoms with Gasteiger partial charge in [0, 0.05) is 41.0 Å². The molecule has 4 aromatic rings. The number of hydrogen-bond acceptors (Lipinski definition) is 5. The Morgan fingerprint density at radius 3 is 2.79 bits per heavy atom. The number of aromatic amines is 1. The number of benzene rings is 2. The summed E-state index contributed by atoms with van der Waals surface area (Å²) in [6.45, 7) is 3.82. The van der Waals surface area contributed by atoms with Gasteiger partial charge in [-0.1, -0.05) is 12.1 Å². The first-order chi connectivity index (χ1) is 15.9. The molecule has 0 aliphatic heterocycles. The average molecular weight is 448 g/mol. The lowest BCUT2D eigenvalue weighted by Crippen LogP contribution is -2.33. The second-order valence-electron chi connectivity index (χ2n) is 7.73. The van der Waals surface area contributed by atoms with Gasteiger partial charge in [-0.05, 0) is 49.7 Å². The number of aryl methyl sites for hydroxylation is 1. The smallest absolute Gasteiger partial charge is 0.254 e. The van der Waals surface area contributed by atoms with Crippen LogP contribution in [-0.4, -0.2) is 51.4 Å². The summed E-state index contributed by atoms with van der Waals surface area (Å²) in [4.78, 5) is 19.2. The van der Waals surface area contributed by atoms with Gasteiger partial charge in [0.25, 0.3) is 5.91 Å². The van der Waals surface area contributed by atoms with Crippen LogP contribution in [0.5, 0.6) is 5.75 Å². The molecule has 1 atom stereocenters. The molecule has 0 radical (unpaired) electrons. The largest absolute Gasteiger partial charge is 0.493 e. The van der Waals surface area contributed by atoms with Gasteiger partial charge in [0.1, 0.15) is 11.6 Å². The number of fused-ring (bicyclic) bond motifs is 1. The van der Waals surface area contributed by atoms with Crippen molar-refractivity contribution < 1.29 is 19.0 Å². The number of carbonyl (C=O) groups excluding carboxylic acids is 1. The van der Waals surface area contributed by atoms with Gasteiger partial charge in [-0.15, -0.1) is 0 Å². The van der Waals surface area contributed by atoms with Crippen LogP contribution in [0.1, 0.15) is 34.6 Å². The molecule has 33 heavy (non-hydrogen) atoms. The molecule has 2 aromatic heterocycles. The summed E-state index contributed by atoms with van der Waals surface area (Å²) in [5, 5.41) is 18.0. The summed E-state index contributed by atoms with van der Waals surface area (Å²) in [5.74, 6) is -0.164. The SMILES string of the molecule is CCOc1cc(C(=O)N(C)[C@H](CO)c2cnc(C)c3cn[nH]c23)ccc1-c1cccc(F)c1. The van der Waals surface area contributed by atoms with Crippen LogP contribution < -0.4 is 4.74 Å². The van der Waals surface area contributed by atoms with Gasteiger partial charge in [0.05, 0.1) is 31.0 Å². The number of amides is 1. The van der Waals surface area contributed by atoms with E-state index in [0.29, 0.717) is 34.6 Å². The number of nitrogens with zero attached hydrogens (tertiary/aromatic N) is 3. The van der Waals surface area contributed by atoms with Crippen LogP contribution in [-0.2, 0) is 0 Å². The fourth-order valence-electron chi connectivity index (χ4n) is 3.93. The minimum atomic E-state index is -0.632. The summed E-state index contributed by atoms with van der Waals surface area (Å²) in [7, 11) is 1.63. The highest BCUT2D eigenvalue weighted by Gasteiger charge is 2.26. The molecular weight excluding hydrogens is 423 g/mol. The van der Waals surface area contributed by atoms with E-state index in [1.54, 1.807) is 49.8 Å². The first-order valence-corrected chi connectivity index (χ1v) is 10.6. The number of ether oxygens (including phenoxy) is 1. The van der Waals surface area contributed by atoms with Gasteiger partial charge in [-0.25, -0.2) is 4.39 Å². The van der Waals surface area contributed by atoms with E-state index in [0.717, 1.165) is 16.6 Å². The van der Waals surface area contributed by atoms with E-state index in [4.69, 9.17) is 4.74 Å². The molecule has 0 aliphatic rings. The molecule has 170 valence electrons. The molecule has 0 spiro atoms. The van der Waals surface area contributed by atoms with Crippen LogP contribution in [0, 0.1) is 12.7 Å². The van der Waals surface area contributed by atoms with Crippen LogP contribution in [0.2, 0.25) is 0 Å². The number of H-pyrrole nitrogens is 1. The first kappa shape index (κ1) is 22.4. The molecular formula is C25H25FN4O3. The number of carbonyl (C=O) groups is 1. The highest BCUT2D eigenvalue weighted by atomic mass is 19.1. The molecule has 4 rings (SSSR count). The van der Waals surface area contributed by atoms with Crippen molar-refractivity contribution in [3.63, 3.8) is 0 Å². The van der Waals surface area contributed by atoms with Crippen molar-refractivity contribution in [2.24, 2.45) is 0 Å². The van der Waals surface area contributed by atoms with E-state index < -0.39 is 6.04 Å². The van der Waals surface area contributed by atoms with Crippen molar-refractivity contribution in [2.75, 3.05) is 20.3 Å². The maximum Gasteiger partial charge on any atom is 0.254 e. The van der Waals surface area contributed by atoms with E-state index >= 15 is 0 Å². The van der Waals surface area contributed by atoms with E-state index in [9.17, 15) is 14.3 Å². The zero-order valence-electron chi connectivity index (χ0n) is 18.7. The lowest BCUT2D eigenvalue weighted by Gasteiger charge is -2.27. The van der Waals surface area contributed by atoms with Gasteiger partial charge in [-0.2, -0.15) is 5.10 Å². The normalized spacial score (nSPS) is 12.0. The minimum absolute atomic E-state index is 0.291. The zero-order valence-corrected chi connectivity index (χ0v) is 18.7. The summed E-state index contributed by atoms with van der Waals surface area (Å²) in [6, 6.07) is 10.7. The maximum absolute atomic E-state index is 13.7. The maximum atomic E-state index is 13.7. The molecule has 2 aromatic carbocycles. The van der Waals surface area contributed by atoms with Gasteiger partial charge < -0.3 is 14.7 Å². The quantitative estimate of drug-likeness (QED) is 0.440. The molecule has 7 nitrogen and oxygen atoms in total. The molecule has 0 saturated heterocycles. The van der Waals surface area contributed by atoms with Crippen molar-refractivity contribution in [3.8, 4) is 16.9 Å². The summed E-state index contributed by atoms with van der Waals surface area (Å²) in [6.07, 6.45) is 3.33. The Labute approximate surface area is 190 Å². The monoisotopic (exact) mass is 448 g/mol. The number of aliphatic hydroxyl groups excluding tert-OH is 1. The third-order valence-corrected chi connectivity index (χ3v) is 5.70. The highest BCUT2D eigenvalue weighted by Crippen LogP contribution is 2.33. The number of halogens is 1. The number of nitrogens with one attached hydrogen (secondary N) is 1. The van der Waals surface area contributed by atoms with Crippen molar-refractivity contribution in [2.45, 2.75) is 19.9 Å². The van der Waals surface area contributed by atoms with Crippen molar-refractivity contribution >= 4 is 16.8 Å². The van der Waals surface area contributed by atoms with Crippen LogP contribution in [0.4, 0.5) is 4.39 Å². The molecule has 0 fully saturated rings. The minimum Gasteiger partial charge on any atom is -0.493 e. The number of aliphatic hydroxyl groups is 1. The van der Waals surface area contributed by atoms with E-state index in [2.05, 4.69) is 15.2 Å². The lowest BCUT2D eigenvalue weighted by atomic mass is 10.0. The predicted octanol–water partition coefficient (Wildman–Crippen LogP) is 4.28. The predicted molar refractivity (Wildman–Crippen MR) is 124 cm³/mol. The number of likely N-dealkylation sites (N-methyl/N-ethyl adjacent to an activating group) is 1. The third-order valence-electron chi connectivity index (χ3n) is 5.70. The second kappa shape index (κ2) is 9.38. The number of rotatable bonds is 7. The molecule has 0 saturated carbocycles. The summed E-state index contributed by atoms with van der Waals surface area (Å²) < 4.78 is 19.5. The molecule has 2 N–H and O–H groups in total. The number of hydrogen-bond donors (Lipinski definition) is 2. The average Bonchev–Trinajstić information content (AvgIpc) is 3.31. The van der Waals surface area contributed by atoms with E-state index in [1.807, 2.05) is 13.8 Å². The molecule has 2 heterocycles. The molecule has 0 bridgehead atoms. The highest BCUT2D eigenvalue weighted by molar-refractivity contribution is 5.96. The fraction of sp³-hybridized carbons (Fsp3) is 0.240. The molecule has 8 heteroatoms. The molecule has 1 amide bonds. The van der Waals surface area contributed by atoms with Crippen molar-refractivity contribution in [1.82, 2.24) is 20.1 Å². The lowest BCUT2D eigenvalue weighted by molar-refractivity contribution is 0.0659. The van der Waals surface area contributed by atoms with E-state index in [1.165, 1.54) is 17.0 Å². The Morgan fingerprint density at radius 1 is 1.24 bits per heavy atom. The Hall–Kier alpha value is -3.78. The van der Waals surface area contributed by atoms with Crippen LogP contribution in [0.25, 0.3) is 22.0 Å².